The number of hydrogen-bond acceptors (Lipinski definition) is 3. The molecule has 0 radical (unpaired) electrons. The number of aromatic carboxylic acids is 1. The van der Waals surface area contributed by atoms with Gasteiger partial charge in [0, 0.05) is 6.04 Å². The summed E-state index contributed by atoms with van der Waals surface area (Å²) >= 11 is 1.20. The lowest BCUT2D eigenvalue weighted by atomic mass is 10.1. The molecule has 1 heterocycles. The molecule has 1 aromatic rings. The van der Waals surface area contributed by atoms with Crippen LogP contribution < -0.4 is 5.73 Å². The van der Waals surface area contributed by atoms with Crippen LogP contribution in [0.25, 0.3) is 0 Å². The maximum Gasteiger partial charge on any atom is 0.346 e. The molecule has 1 aromatic heterocycles. The van der Waals surface area contributed by atoms with E-state index in [1.54, 1.807) is 17.5 Å². The average molecular weight is 197 g/mol. The van der Waals surface area contributed by atoms with E-state index in [-0.39, 0.29) is 6.04 Å². The summed E-state index contributed by atoms with van der Waals surface area (Å²) in [5.41, 5.74) is 6.45. The third-order valence-electron chi connectivity index (χ3n) is 1.71. The Hall–Kier alpha value is -1.13. The van der Waals surface area contributed by atoms with Gasteiger partial charge in [0.15, 0.2) is 0 Å². The van der Waals surface area contributed by atoms with Gasteiger partial charge in [-0.3, -0.25) is 0 Å². The number of rotatable bonds is 4. The predicted molar refractivity (Wildman–Crippen MR) is 53.0 cm³/mol. The highest BCUT2D eigenvalue weighted by molar-refractivity contribution is 7.12. The molecule has 3 N–H and O–H groups in total. The van der Waals surface area contributed by atoms with Crippen LogP contribution in [0.1, 0.15) is 27.7 Å². The normalized spacial score (nSPS) is 12.4. The molecule has 0 saturated heterocycles. The molecule has 0 fully saturated rings. The lowest BCUT2D eigenvalue weighted by Crippen LogP contribution is -2.11. The van der Waals surface area contributed by atoms with E-state index in [4.69, 9.17) is 10.8 Å². The molecule has 4 heteroatoms. The predicted octanol–water partition coefficient (Wildman–Crippen LogP) is 2.02. The first-order valence-electron chi connectivity index (χ1n) is 3.84. The van der Waals surface area contributed by atoms with Crippen molar-refractivity contribution in [3.8, 4) is 0 Å². The maximum absolute atomic E-state index is 10.7. The maximum atomic E-state index is 10.7. The average Bonchev–Trinajstić information content (AvgIpc) is 2.52. The molecule has 0 aromatic carbocycles. The number of hydrogen-bond donors (Lipinski definition) is 2. The lowest BCUT2D eigenvalue weighted by Gasteiger charge is -2.07. The van der Waals surface area contributed by atoms with Crippen molar-refractivity contribution in [2.24, 2.45) is 5.73 Å². The van der Waals surface area contributed by atoms with Crippen LogP contribution >= 0.6 is 11.3 Å². The first kappa shape index (κ1) is 9.95. The molecule has 3 nitrogen and oxygen atoms in total. The summed E-state index contributed by atoms with van der Waals surface area (Å²) in [6.45, 7) is 3.56. The van der Waals surface area contributed by atoms with E-state index in [0.29, 0.717) is 16.9 Å². The monoisotopic (exact) mass is 197 g/mol. The molecule has 0 aliphatic heterocycles. The van der Waals surface area contributed by atoms with E-state index in [2.05, 4.69) is 6.58 Å². The fourth-order valence-corrected chi connectivity index (χ4v) is 1.90. The zero-order valence-corrected chi connectivity index (χ0v) is 7.88. The number of carbonyl (C=O) groups is 1. The second-order valence-corrected chi connectivity index (χ2v) is 3.56. The quantitative estimate of drug-likeness (QED) is 0.726. The van der Waals surface area contributed by atoms with Crippen LogP contribution in [0.4, 0.5) is 0 Å². The van der Waals surface area contributed by atoms with Gasteiger partial charge in [0.2, 0.25) is 0 Å². The molecule has 0 aliphatic carbocycles. The molecule has 1 rings (SSSR count). The van der Waals surface area contributed by atoms with Crippen LogP contribution in [0.5, 0.6) is 0 Å². The smallest absolute Gasteiger partial charge is 0.346 e. The fraction of sp³-hybridized carbons (Fsp3) is 0.222. The summed E-state index contributed by atoms with van der Waals surface area (Å²) in [6.07, 6.45) is 2.28. The zero-order chi connectivity index (χ0) is 9.84. The third-order valence-corrected chi connectivity index (χ3v) is 2.63. The molecule has 0 amide bonds. The van der Waals surface area contributed by atoms with Gasteiger partial charge in [-0.15, -0.1) is 17.9 Å². The van der Waals surface area contributed by atoms with E-state index >= 15 is 0 Å². The van der Waals surface area contributed by atoms with Gasteiger partial charge in [-0.05, 0) is 23.4 Å². The summed E-state index contributed by atoms with van der Waals surface area (Å²) in [6, 6.07) is 1.50. The SMILES string of the molecule is C=CC[C@@H](N)c1ccsc1C(=O)O. The molecular weight excluding hydrogens is 186 g/mol. The minimum absolute atomic E-state index is 0.255. The summed E-state index contributed by atoms with van der Waals surface area (Å²) < 4.78 is 0. The Morgan fingerprint density at radius 2 is 2.54 bits per heavy atom. The Balaban J connectivity index is 2.92. The fourth-order valence-electron chi connectivity index (χ4n) is 1.09. The minimum Gasteiger partial charge on any atom is -0.477 e. The number of carboxylic acids is 1. The number of nitrogens with two attached hydrogens (primary N) is 1. The molecule has 70 valence electrons. The Labute approximate surface area is 80.5 Å². The molecule has 0 saturated carbocycles. The van der Waals surface area contributed by atoms with Gasteiger partial charge in [-0.25, -0.2) is 4.79 Å². The van der Waals surface area contributed by atoms with Crippen molar-refractivity contribution < 1.29 is 9.90 Å². The van der Waals surface area contributed by atoms with E-state index in [1.807, 2.05) is 0 Å². The Morgan fingerprint density at radius 1 is 1.85 bits per heavy atom. The highest BCUT2D eigenvalue weighted by Gasteiger charge is 2.15. The van der Waals surface area contributed by atoms with E-state index in [1.165, 1.54) is 11.3 Å². The van der Waals surface area contributed by atoms with Gasteiger partial charge in [0.1, 0.15) is 4.88 Å². The van der Waals surface area contributed by atoms with Crippen LogP contribution in [0.15, 0.2) is 24.1 Å². The van der Waals surface area contributed by atoms with Gasteiger partial charge in [0.25, 0.3) is 0 Å². The molecule has 0 bridgehead atoms. The van der Waals surface area contributed by atoms with E-state index in [0.717, 1.165) is 0 Å². The summed E-state index contributed by atoms with van der Waals surface area (Å²) in [4.78, 5) is 11.0. The number of carboxylic acid groups (broad SMARTS) is 1. The second kappa shape index (κ2) is 4.20. The van der Waals surface area contributed by atoms with Crippen LogP contribution in [0.2, 0.25) is 0 Å². The minimum atomic E-state index is -0.912. The van der Waals surface area contributed by atoms with Crippen molar-refractivity contribution in [1.29, 1.82) is 0 Å². The van der Waals surface area contributed by atoms with Gasteiger partial charge in [-0.1, -0.05) is 6.08 Å². The first-order chi connectivity index (χ1) is 6.16. The highest BCUT2D eigenvalue weighted by Crippen LogP contribution is 2.24. The second-order valence-electron chi connectivity index (χ2n) is 2.64. The number of thiophene rings is 1. The molecule has 0 aliphatic rings. The van der Waals surface area contributed by atoms with Gasteiger partial charge >= 0.3 is 5.97 Å². The van der Waals surface area contributed by atoms with Crippen molar-refractivity contribution in [1.82, 2.24) is 0 Å². The molecule has 1 atom stereocenters. The van der Waals surface area contributed by atoms with Crippen LogP contribution in [0, 0.1) is 0 Å². The lowest BCUT2D eigenvalue weighted by molar-refractivity contribution is 0.0700. The van der Waals surface area contributed by atoms with Crippen LogP contribution in [0.3, 0.4) is 0 Å². The van der Waals surface area contributed by atoms with Crippen molar-refractivity contribution >= 4 is 17.3 Å². The van der Waals surface area contributed by atoms with Gasteiger partial charge in [0.05, 0.1) is 0 Å². The highest BCUT2D eigenvalue weighted by atomic mass is 32.1. The summed E-state index contributed by atoms with van der Waals surface area (Å²) in [5, 5.41) is 10.5. The molecule has 0 spiro atoms. The largest absolute Gasteiger partial charge is 0.477 e. The topological polar surface area (TPSA) is 63.3 Å². The summed E-state index contributed by atoms with van der Waals surface area (Å²) in [5.74, 6) is -0.912. The Bertz CT molecular complexity index is 319. The van der Waals surface area contributed by atoms with Crippen molar-refractivity contribution in [2.45, 2.75) is 12.5 Å². The van der Waals surface area contributed by atoms with Crippen LogP contribution in [-0.4, -0.2) is 11.1 Å². The van der Waals surface area contributed by atoms with E-state index < -0.39 is 5.97 Å². The Kier molecular flexibility index (Phi) is 3.22. The third kappa shape index (κ3) is 2.17. The van der Waals surface area contributed by atoms with Crippen LogP contribution in [-0.2, 0) is 0 Å². The zero-order valence-electron chi connectivity index (χ0n) is 7.06. The first-order valence-corrected chi connectivity index (χ1v) is 4.72. The molecule has 13 heavy (non-hydrogen) atoms. The molecular formula is C9H11NO2S. The standard InChI is InChI=1S/C9H11NO2S/c1-2-3-7(10)6-4-5-13-8(6)9(11)12/h2,4-5,7H,1,3,10H2,(H,11,12)/t7-/m1/s1. The van der Waals surface area contributed by atoms with Crippen molar-refractivity contribution in [3.63, 3.8) is 0 Å². The molecule has 0 unspecified atom stereocenters. The van der Waals surface area contributed by atoms with Crippen molar-refractivity contribution in [2.75, 3.05) is 0 Å². The van der Waals surface area contributed by atoms with Gasteiger partial charge in [-0.2, -0.15) is 0 Å². The summed E-state index contributed by atoms with van der Waals surface area (Å²) in [7, 11) is 0. The van der Waals surface area contributed by atoms with Gasteiger partial charge < -0.3 is 10.8 Å². The van der Waals surface area contributed by atoms with E-state index in [9.17, 15) is 4.79 Å². The van der Waals surface area contributed by atoms with Crippen molar-refractivity contribution in [3.05, 3.63) is 34.5 Å². The Morgan fingerprint density at radius 3 is 3.08 bits per heavy atom.